The van der Waals surface area contributed by atoms with E-state index < -0.39 is 10.7 Å². The fourth-order valence-electron chi connectivity index (χ4n) is 3.97. The van der Waals surface area contributed by atoms with Crippen LogP contribution in [0.25, 0.3) is 16.5 Å². The molecule has 3 aromatic rings. The van der Waals surface area contributed by atoms with E-state index in [0.29, 0.717) is 23.9 Å². The van der Waals surface area contributed by atoms with Crippen LogP contribution in [0, 0.1) is 6.92 Å². The van der Waals surface area contributed by atoms with Gasteiger partial charge in [-0.1, -0.05) is 42.1 Å². The summed E-state index contributed by atoms with van der Waals surface area (Å²) in [6, 6.07) is 12.8. The molecule has 0 amide bonds. The van der Waals surface area contributed by atoms with E-state index in [0.717, 1.165) is 17.9 Å². The molecule has 27 heavy (non-hydrogen) atoms. The smallest absolute Gasteiger partial charge is 0.320 e. The van der Waals surface area contributed by atoms with Gasteiger partial charge in [-0.3, -0.25) is 9.36 Å². The minimum absolute atomic E-state index is 0.666. The van der Waals surface area contributed by atoms with Crippen molar-refractivity contribution in [2.24, 2.45) is 0 Å². The maximum absolute atomic E-state index is 11.8. The van der Waals surface area contributed by atoms with Crippen LogP contribution in [0.5, 0.6) is 0 Å². The zero-order chi connectivity index (χ0) is 18.6. The number of hydrogen-bond acceptors (Lipinski definition) is 4. The molecule has 2 aliphatic rings. The molecule has 0 aliphatic heterocycles. The predicted octanol–water partition coefficient (Wildman–Crippen LogP) is 4.71. The van der Waals surface area contributed by atoms with E-state index in [2.05, 4.69) is 46.6 Å². The quantitative estimate of drug-likeness (QED) is 0.695. The minimum Gasteiger partial charge on any atom is -0.480 e. The van der Waals surface area contributed by atoms with Crippen LogP contribution in [-0.2, 0) is 4.79 Å². The zero-order valence-corrected chi connectivity index (χ0v) is 16.0. The first-order chi connectivity index (χ1) is 13.1. The summed E-state index contributed by atoms with van der Waals surface area (Å²) in [7, 11) is 0. The summed E-state index contributed by atoms with van der Waals surface area (Å²) in [4.78, 5) is 11.8. The molecule has 1 aromatic heterocycles. The zero-order valence-electron chi connectivity index (χ0n) is 15.2. The Labute approximate surface area is 161 Å². The lowest BCUT2D eigenvalue weighted by Crippen LogP contribution is -2.42. The molecule has 0 saturated heterocycles. The molecule has 1 N–H and O–H groups in total. The van der Waals surface area contributed by atoms with Gasteiger partial charge in [-0.15, -0.1) is 10.2 Å². The maximum atomic E-state index is 11.8. The van der Waals surface area contributed by atoms with Gasteiger partial charge in [0.15, 0.2) is 5.16 Å². The van der Waals surface area contributed by atoms with Crippen molar-refractivity contribution in [3.8, 4) is 5.69 Å². The lowest BCUT2D eigenvalue weighted by molar-refractivity contribution is -0.142. The van der Waals surface area contributed by atoms with Crippen LogP contribution in [0.2, 0.25) is 0 Å². The number of carbonyl (C=O) groups is 1. The summed E-state index contributed by atoms with van der Waals surface area (Å²) in [6.45, 7) is 1.93. The second kappa shape index (κ2) is 6.09. The second-order valence-electron chi connectivity index (χ2n) is 7.61. The first kappa shape index (κ1) is 16.8. The van der Waals surface area contributed by atoms with Crippen molar-refractivity contribution in [2.75, 3.05) is 0 Å². The molecule has 0 atom stereocenters. The van der Waals surface area contributed by atoms with Crippen molar-refractivity contribution >= 4 is 28.5 Å². The summed E-state index contributed by atoms with van der Waals surface area (Å²) in [5, 5.41) is 21.4. The minimum atomic E-state index is -0.763. The van der Waals surface area contributed by atoms with Crippen LogP contribution >= 0.6 is 11.8 Å². The highest BCUT2D eigenvalue weighted by molar-refractivity contribution is 8.01. The van der Waals surface area contributed by atoms with Crippen molar-refractivity contribution < 1.29 is 9.90 Å². The Hall–Kier alpha value is -2.34. The highest BCUT2D eigenvalue weighted by Crippen LogP contribution is 2.48. The third-order valence-electron chi connectivity index (χ3n) is 5.83. The standard InChI is InChI=1S/C21H21N3O2S/c1-13-22-23-20(27-21(19(25)26)11-4-12-21)24(13)18-10-9-15(14-7-8-14)16-5-2-3-6-17(16)18/h2-3,5-6,9-10,14H,4,7-8,11-12H2,1H3,(H,25,26). The Balaban J connectivity index is 1.65. The van der Waals surface area contributed by atoms with Crippen molar-refractivity contribution in [3.05, 3.63) is 47.8 Å². The van der Waals surface area contributed by atoms with Crippen LogP contribution in [0.15, 0.2) is 41.6 Å². The predicted molar refractivity (Wildman–Crippen MR) is 106 cm³/mol. The molecule has 2 aliphatic carbocycles. The SMILES string of the molecule is Cc1nnc(SC2(C(=O)O)CCC2)n1-c1ccc(C2CC2)c2ccccc12. The highest BCUT2D eigenvalue weighted by atomic mass is 32.2. The molecular formula is C21H21N3O2S. The fourth-order valence-corrected chi connectivity index (χ4v) is 5.30. The van der Waals surface area contributed by atoms with Gasteiger partial charge in [-0.05, 0) is 62.0 Å². The molecule has 0 radical (unpaired) electrons. The summed E-state index contributed by atoms with van der Waals surface area (Å²) in [6.07, 6.45) is 4.83. The maximum Gasteiger partial charge on any atom is 0.320 e. The third-order valence-corrected chi connectivity index (χ3v) is 7.25. The Bertz CT molecular complexity index is 1050. The van der Waals surface area contributed by atoms with E-state index in [1.54, 1.807) is 0 Å². The molecule has 1 heterocycles. The topological polar surface area (TPSA) is 68.0 Å². The summed E-state index contributed by atoms with van der Waals surface area (Å²) in [5.74, 6) is 0.701. The highest BCUT2D eigenvalue weighted by Gasteiger charge is 2.47. The number of fused-ring (bicyclic) bond motifs is 1. The van der Waals surface area contributed by atoms with Gasteiger partial charge in [0.1, 0.15) is 10.6 Å². The van der Waals surface area contributed by atoms with Gasteiger partial charge in [-0.2, -0.15) is 0 Å². The number of nitrogens with zero attached hydrogens (tertiary/aromatic N) is 3. The van der Waals surface area contributed by atoms with Gasteiger partial charge in [-0.25, -0.2) is 0 Å². The largest absolute Gasteiger partial charge is 0.480 e. The van der Waals surface area contributed by atoms with Crippen molar-refractivity contribution in [2.45, 2.75) is 54.8 Å². The molecular weight excluding hydrogens is 358 g/mol. The van der Waals surface area contributed by atoms with E-state index in [-0.39, 0.29) is 0 Å². The lowest BCUT2D eigenvalue weighted by Gasteiger charge is -2.36. The van der Waals surface area contributed by atoms with E-state index in [1.165, 1.54) is 40.9 Å². The summed E-state index contributed by atoms with van der Waals surface area (Å²) in [5.41, 5.74) is 2.44. The third kappa shape index (κ3) is 2.65. The Morgan fingerprint density at radius 3 is 2.52 bits per heavy atom. The average molecular weight is 379 g/mol. The van der Waals surface area contributed by atoms with Crippen LogP contribution in [0.1, 0.15) is 49.4 Å². The molecule has 2 saturated carbocycles. The number of aryl methyl sites for hydroxylation is 1. The normalized spacial score (nSPS) is 18.4. The van der Waals surface area contributed by atoms with Crippen LogP contribution in [-0.4, -0.2) is 30.6 Å². The van der Waals surface area contributed by atoms with Crippen LogP contribution in [0.3, 0.4) is 0 Å². The van der Waals surface area contributed by atoms with Gasteiger partial charge in [0.05, 0.1) is 5.69 Å². The van der Waals surface area contributed by atoms with E-state index in [9.17, 15) is 9.90 Å². The number of aliphatic carboxylic acids is 1. The molecule has 2 fully saturated rings. The molecule has 0 unspecified atom stereocenters. The van der Waals surface area contributed by atoms with Gasteiger partial charge in [0, 0.05) is 5.39 Å². The van der Waals surface area contributed by atoms with E-state index in [1.807, 2.05) is 11.5 Å². The molecule has 6 heteroatoms. The van der Waals surface area contributed by atoms with Gasteiger partial charge in [0.2, 0.25) is 0 Å². The van der Waals surface area contributed by atoms with Crippen molar-refractivity contribution in [1.29, 1.82) is 0 Å². The van der Waals surface area contributed by atoms with E-state index >= 15 is 0 Å². The number of carboxylic acid groups (broad SMARTS) is 1. The number of benzene rings is 2. The Morgan fingerprint density at radius 1 is 1.15 bits per heavy atom. The first-order valence-corrected chi connectivity index (χ1v) is 10.3. The van der Waals surface area contributed by atoms with Crippen LogP contribution < -0.4 is 0 Å². The average Bonchev–Trinajstić information content (AvgIpc) is 3.41. The summed E-state index contributed by atoms with van der Waals surface area (Å²) < 4.78 is 1.26. The molecule has 5 rings (SSSR count). The monoisotopic (exact) mass is 379 g/mol. The van der Waals surface area contributed by atoms with E-state index in [4.69, 9.17) is 0 Å². The lowest BCUT2D eigenvalue weighted by atomic mass is 9.84. The molecule has 5 nitrogen and oxygen atoms in total. The van der Waals surface area contributed by atoms with Crippen molar-refractivity contribution in [3.63, 3.8) is 0 Å². The fraction of sp³-hybridized carbons (Fsp3) is 0.381. The van der Waals surface area contributed by atoms with Gasteiger partial charge < -0.3 is 5.11 Å². The Morgan fingerprint density at radius 2 is 1.89 bits per heavy atom. The van der Waals surface area contributed by atoms with Crippen LogP contribution in [0.4, 0.5) is 0 Å². The first-order valence-electron chi connectivity index (χ1n) is 9.45. The molecule has 138 valence electrons. The van der Waals surface area contributed by atoms with Gasteiger partial charge in [0.25, 0.3) is 0 Å². The number of carboxylic acids is 1. The second-order valence-corrected chi connectivity index (χ2v) is 8.96. The van der Waals surface area contributed by atoms with Crippen molar-refractivity contribution in [1.82, 2.24) is 14.8 Å². The number of thioether (sulfide) groups is 1. The summed E-state index contributed by atoms with van der Waals surface area (Å²) >= 11 is 1.35. The number of rotatable bonds is 5. The van der Waals surface area contributed by atoms with Gasteiger partial charge >= 0.3 is 5.97 Å². The Kier molecular flexibility index (Phi) is 3.79. The number of hydrogen-bond donors (Lipinski definition) is 1. The number of aromatic nitrogens is 3. The molecule has 0 bridgehead atoms. The molecule has 0 spiro atoms. The molecule has 2 aromatic carbocycles.